The minimum Gasteiger partial charge on any atom is -0.383 e. The lowest BCUT2D eigenvalue weighted by atomic mass is 10.1. The summed E-state index contributed by atoms with van der Waals surface area (Å²) >= 11 is 0. The molecule has 0 unspecified atom stereocenters. The van der Waals surface area contributed by atoms with E-state index in [0.29, 0.717) is 23.4 Å². The lowest BCUT2D eigenvalue weighted by molar-refractivity contribution is -0.137. The van der Waals surface area contributed by atoms with Crippen LogP contribution in [0.5, 0.6) is 0 Å². The van der Waals surface area contributed by atoms with Gasteiger partial charge in [0.05, 0.1) is 23.4 Å². The maximum atomic E-state index is 13.1. The molecule has 0 spiro atoms. The van der Waals surface area contributed by atoms with Crippen LogP contribution in [0.4, 0.5) is 24.7 Å². The summed E-state index contributed by atoms with van der Waals surface area (Å²) in [4.78, 5) is 41.0. The van der Waals surface area contributed by atoms with E-state index in [1.807, 2.05) is 6.92 Å². The highest BCUT2D eigenvalue weighted by Gasteiger charge is 2.31. The number of H-pyrrole nitrogens is 1. The molecule has 3 rings (SSSR count). The highest BCUT2D eigenvalue weighted by molar-refractivity contribution is 5.96. The topological polar surface area (TPSA) is 119 Å². The molecular formula is C23H27F3N6O3. The molecule has 2 heterocycles. The molecule has 12 heteroatoms. The van der Waals surface area contributed by atoms with Gasteiger partial charge in [0, 0.05) is 24.8 Å². The number of alkyl halides is 3. The Labute approximate surface area is 199 Å². The second-order valence-electron chi connectivity index (χ2n) is 8.24. The van der Waals surface area contributed by atoms with E-state index in [4.69, 9.17) is 5.73 Å². The first-order valence-corrected chi connectivity index (χ1v) is 11.0. The number of nitrogens with two attached hydrogens (primary N) is 1. The Kier molecular flexibility index (Phi) is 7.22. The minimum absolute atomic E-state index is 0.115. The van der Waals surface area contributed by atoms with Crippen molar-refractivity contribution in [2.75, 3.05) is 17.7 Å². The molecule has 0 saturated carbocycles. The number of likely N-dealkylation sites (N-methyl/N-ethyl adjacent to an activating group) is 1. The Hall–Kier alpha value is -3.83. The quantitative estimate of drug-likeness (QED) is 0.526. The van der Waals surface area contributed by atoms with Gasteiger partial charge in [-0.1, -0.05) is 19.4 Å². The number of nitrogen functional groups attached to an aromatic ring is 1. The number of aromatic nitrogens is 4. The van der Waals surface area contributed by atoms with Crippen LogP contribution in [0, 0.1) is 13.8 Å². The lowest BCUT2D eigenvalue weighted by Crippen LogP contribution is -2.39. The predicted octanol–water partition coefficient (Wildman–Crippen LogP) is 2.95. The molecule has 0 bridgehead atoms. The van der Waals surface area contributed by atoms with Crippen LogP contribution in [0.2, 0.25) is 0 Å². The van der Waals surface area contributed by atoms with Gasteiger partial charge >= 0.3 is 11.9 Å². The van der Waals surface area contributed by atoms with Gasteiger partial charge in [0.2, 0.25) is 5.91 Å². The smallest absolute Gasteiger partial charge is 0.383 e. The Morgan fingerprint density at radius 3 is 2.54 bits per heavy atom. The number of carbonyl (C=O) groups is 1. The summed E-state index contributed by atoms with van der Waals surface area (Å²) in [6, 6.07) is 4.73. The molecule has 0 radical (unpaired) electrons. The SMILES string of the molecule is CCCCn1c(N)c(N(C)C(=O)Cc2c(C)nn(-c3cccc(C(F)(F)F)c3)c2C)c(=O)[nH]c1=O. The molecule has 0 aliphatic heterocycles. The number of hydrogen-bond acceptors (Lipinski definition) is 5. The van der Waals surface area contributed by atoms with Crippen molar-refractivity contribution in [3.63, 3.8) is 0 Å². The summed E-state index contributed by atoms with van der Waals surface area (Å²) < 4.78 is 42.0. The van der Waals surface area contributed by atoms with Crippen molar-refractivity contribution in [1.29, 1.82) is 0 Å². The zero-order valence-corrected chi connectivity index (χ0v) is 19.9. The molecule has 1 aromatic carbocycles. The first-order chi connectivity index (χ1) is 16.4. The third-order valence-electron chi connectivity index (χ3n) is 5.85. The van der Waals surface area contributed by atoms with Gasteiger partial charge in [-0.25, -0.2) is 9.48 Å². The molecule has 0 atom stereocenters. The number of rotatable bonds is 7. The molecule has 0 fully saturated rings. The van der Waals surface area contributed by atoms with E-state index < -0.39 is 28.9 Å². The molecule has 35 heavy (non-hydrogen) atoms. The number of benzene rings is 1. The fourth-order valence-electron chi connectivity index (χ4n) is 3.83. The number of anilines is 2. The third kappa shape index (κ3) is 5.15. The molecule has 188 valence electrons. The zero-order chi connectivity index (χ0) is 26.1. The number of nitrogens with zero attached hydrogens (tertiary/aromatic N) is 4. The predicted molar refractivity (Wildman–Crippen MR) is 126 cm³/mol. The van der Waals surface area contributed by atoms with E-state index in [-0.39, 0.29) is 30.2 Å². The second-order valence-corrected chi connectivity index (χ2v) is 8.24. The number of amides is 1. The van der Waals surface area contributed by atoms with Crippen molar-refractivity contribution in [3.05, 3.63) is 67.6 Å². The molecule has 3 aromatic rings. The van der Waals surface area contributed by atoms with Crippen LogP contribution in [0.25, 0.3) is 5.69 Å². The summed E-state index contributed by atoms with van der Waals surface area (Å²) in [7, 11) is 1.37. The van der Waals surface area contributed by atoms with Crippen molar-refractivity contribution < 1.29 is 18.0 Å². The highest BCUT2D eigenvalue weighted by atomic mass is 19.4. The monoisotopic (exact) mass is 492 g/mol. The van der Waals surface area contributed by atoms with Gasteiger partial charge in [-0.15, -0.1) is 0 Å². The number of carbonyl (C=O) groups excluding carboxylic acids is 1. The minimum atomic E-state index is -4.51. The third-order valence-corrected chi connectivity index (χ3v) is 5.85. The fourth-order valence-corrected chi connectivity index (χ4v) is 3.83. The maximum Gasteiger partial charge on any atom is 0.416 e. The standard InChI is InChI=1S/C23H27F3N6O3/c1-5-6-10-31-20(27)19(21(34)28-22(31)35)30(4)18(33)12-17-13(2)29-32(14(17)3)16-9-7-8-15(11-16)23(24,25)26/h7-9,11H,5-6,10,12,27H2,1-4H3,(H,28,34,35). The Morgan fingerprint density at radius 2 is 1.91 bits per heavy atom. The second kappa shape index (κ2) is 9.80. The van der Waals surface area contributed by atoms with E-state index >= 15 is 0 Å². The summed E-state index contributed by atoms with van der Waals surface area (Å²) in [6.45, 7) is 5.52. The average molecular weight is 493 g/mol. The van der Waals surface area contributed by atoms with Gasteiger partial charge in [0.1, 0.15) is 5.82 Å². The summed E-state index contributed by atoms with van der Waals surface area (Å²) in [5.74, 6) is -0.617. The van der Waals surface area contributed by atoms with E-state index in [0.717, 1.165) is 23.5 Å². The normalized spacial score (nSPS) is 11.6. The summed E-state index contributed by atoms with van der Waals surface area (Å²) in [6.07, 6.45) is -3.24. The van der Waals surface area contributed by atoms with Crippen molar-refractivity contribution in [3.8, 4) is 5.69 Å². The van der Waals surface area contributed by atoms with Gasteiger partial charge < -0.3 is 10.6 Å². The van der Waals surface area contributed by atoms with Gasteiger partial charge in [-0.2, -0.15) is 18.3 Å². The van der Waals surface area contributed by atoms with Crippen molar-refractivity contribution in [2.24, 2.45) is 0 Å². The number of aryl methyl sites for hydroxylation is 1. The van der Waals surface area contributed by atoms with Crippen molar-refractivity contribution >= 4 is 17.4 Å². The van der Waals surface area contributed by atoms with Gasteiger partial charge in [-0.05, 0) is 38.5 Å². The Balaban J connectivity index is 1.94. The molecule has 1 amide bonds. The van der Waals surface area contributed by atoms with Gasteiger partial charge in [-0.3, -0.25) is 19.1 Å². The van der Waals surface area contributed by atoms with Gasteiger partial charge in [0.25, 0.3) is 5.56 Å². The van der Waals surface area contributed by atoms with Crippen molar-refractivity contribution in [2.45, 2.75) is 52.8 Å². The largest absolute Gasteiger partial charge is 0.416 e. The first-order valence-electron chi connectivity index (χ1n) is 11.0. The molecule has 9 nitrogen and oxygen atoms in total. The van der Waals surface area contributed by atoms with Crippen LogP contribution in [-0.2, 0) is 23.9 Å². The van der Waals surface area contributed by atoms with Crippen LogP contribution in [0.15, 0.2) is 33.9 Å². The Morgan fingerprint density at radius 1 is 1.23 bits per heavy atom. The van der Waals surface area contributed by atoms with E-state index in [2.05, 4.69) is 10.1 Å². The number of aromatic amines is 1. The number of nitrogens with one attached hydrogen (secondary N) is 1. The average Bonchev–Trinajstić information content (AvgIpc) is 3.06. The lowest BCUT2D eigenvalue weighted by Gasteiger charge is -2.20. The molecule has 0 aliphatic carbocycles. The molecule has 3 N–H and O–H groups in total. The molecular weight excluding hydrogens is 465 g/mol. The van der Waals surface area contributed by atoms with E-state index in [9.17, 15) is 27.6 Å². The van der Waals surface area contributed by atoms with Crippen LogP contribution in [0.3, 0.4) is 0 Å². The van der Waals surface area contributed by atoms with E-state index in [1.165, 1.54) is 28.4 Å². The number of halogens is 3. The van der Waals surface area contributed by atoms with Crippen LogP contribution in [-0.4, -0.2) is 32.3 Å². The summed E-state index contributed by atoms with van der Waals surface area (Å²) in [5, 5.41) is 4.32. The Bertz CT molecular complexity index is 1370. The van der Waals surface area contributed by atoms with E-state index in [1.54, 1.807) is 13.8 Å². The molecule has 0 saturated heterocycles. The van der Waals surface area contributed by atoms with Crippen molar-refractivity contribution in [1.82, 2.24) is 19.3 Å². The molecule has 2 aromatic heterocycles. The zero-order valence-electron chi connectivity index (χ0n) is 19.9. The first kappa shape index (κ1) is 25.8. The highest BCUT2D eigenvalue weighted by Crippen LogP contribution is 2.31. The van der Waals surface area contributed by atoms with Crippen LogP contribution < -0.4 is 21.9 Å². The van der Waals surface area contributed by atoms with Gasteiger partial charge in [0.15, 0.2) is 5.69 Å². The number of hydrogen-bond donors (Lipinski definition) is 2. The van der Waals surface area contributed by atoms with Crippen LogP contribution >= 0.6 is 0 Å². The maximum absolute atomic E-state index is 13.1. The number of unbranched alkanes of at least 4 members (excludes halogenated alkanes) is 1. The van der Waals surface area contributed by atoms with Crippen LogP contribution in [0.1, 0.15) is 42.3 Å². The summed E-state index contributed by atoms with van der Waals surface area (Å²) in [5.41, 5.74) is 5.34. The molecule has 0 aliphatic rings. The fraction of sp³-hybridized carbons (Fsp3) is 0.391.